The summed E-state index contributed by atoms with van der Waals surface area (Å²) in [6.45, 7) is 7.11. The van der Waals surface area contributed by atoms with Crippen molar-refractivity contribution in [3.63, 3.8) is 0 Å². The van der Waals surface area contributed by atoms with E-state index in [1.54, 1.807) is 36.3 Å². The number of benzene rings is 3. The lowest BCUT2D eigenvalue weighted by Gasteiger charge is -2.26. The highest BCUT2D eigenvalue weighted by molar-refractivity contribution is 6.46. The van der Waals surface area contributed by atoms with Gasteiger partial charge in [-0.25, -0.2) is 0 Å². The summed E-state index contributed by atoms with van der Waals surface area (Å²) < 4.78 is 17.4. The molecular weight excluding hydrogens is 518 g/mol. The van der Waals surface area contributed by atoms with E-state index in [0.717, 1.165) is 23.3 Å². The van der Waals surface area contributed by atoms with Gasteiger partial charge in [-0.15, -0.1) is 0 Å². The van der Waals surface area contributed by atoms with Crippen molar-refractivity contribution in [3.8, 4) is 17.2 Å². The summed E-state index contributed by atoms with van der Waals surface area (Å²) in [4.78, 5) is 28.6. The third-order valence-corrected chi connectivity index (χ3v) is 7.65. The third-order valence-electron chi connectivity index (χ3n) is 7.65. The molecule has 0 aromatic heterocycles. The molecule has 0 radical (unpaired) electrons. The van der Waals surface area contributed by atoms with Crippen molar-refractivity contribution in [1.82, 2.24) is 4.90 Å². The number of ketones is 1. The Balaban J connectivity index is 1.55. The molecular formula is C34H37NO6. The van der Waals surface area contributed by atoms with Gasteiger partial charge in [0.2, 0.25) is 0 Å². The minimum Gasteiger partial charge on any atom is -0.507 e. The molecule has 2 aliphatic rings. The van der Waals surface area contributed by atoms with Crippen molar-refractivity contribution in [2.75, 3.05) is 20.3 Å². The number of carbonyl (C=O) groups is 2. The van der Waals surface area contributed by atoms with Crippen LogP contribution in [0.3, 0.4) is 0 Å². The molecule has 3 aromatic carbocycles. The Morgan fingerprint density at radius 2 is 1.83 bits per heavy atom. The monoisotopic (exact) mass is 555 g/mol. The Labute approximate surface area is 241 Å². The number of aliphatic hydroxyl groups excluding tert-OH is 1. The number of methoxy groups -OCH3 is 1. The van der Waals surface area contributed by atoms with Crippen LogP contribution in [0.1, 0.15) is 55.5 Å². The topological polar surface area (TPSA) is 85.3 Å². The summed E-state index contributed by atoms with van der Waals surface area (Å²) in [6.07, 6.45) is 2.21. The van der Waals surface area contributed by atoms with Gasteiger partial charge in [0.1, 0.15) is 17.6 Å². The standard InChI is InChI=1S/C34H37NO6/c1-21(2)15-17-40-28-13-10-24(20-29(28)39-4)31-30(32(36)25-11-12-27-26(19-25)18-22(3)41-27)33(37)34(38)35(31)16-14-23-8-6-5-7-9-23/h5-13,19-22,31,36H,14-18H2,1-4H3/t22-,31-/m1/s1. The molecule has 2 aliphatic heterocycles. The van der Waals surface area contributed by atoms with Gasteiger partial charge in [-0.05, 0) is 72.7 Å². The fourth-order valence-corrected chi connectivity index (χ4v) is 5.45. The largest absolute Gasteiger partial charge is 0.507 e. The predicted molar refractivity (Wildman–Crippen MR) is 157 cm³/mol. The van der Waals surface area contributed by atoms with E-state index in [0.29, 0.717) is 54.5 Å². The Hall–Kier alpha value is -4.26. The average molecular weight is 556 g/mol. The third kappa shape index (κ3) is 5.94. The second-order valence-corrected chi connectivity index (χ2v) is 11.1. The van der Waals surface area contributed by atoms with Gasteiger partial charge in [0.15, 0.2) is 11.5 Å². The fraction of sp³-hybridized carbons (Fsp3) is 0.353. The SMILES string of the molecule is COc1cc([C@@H]2C(=C(O)c3ccc4c(c3)C[C@@H](C)O4)C(=O)C(=O)N2CCc2ccccc2)ccc1OCCC(C)C. The molecule has 0 bridgehead atoms. The minimum absolute atomic E-state index is 0.0414. The van der Waals surface area contributed by atoms with E-state index in [4.69, 9.17) is 14.2 Å². The zero-order valence-electron chi connectivity index (χ0n) is 24.1. The Morgan fingerprint density at radius 3 is 2.56 bits per heavy atom. The Kier molecular flexibility index (Phi) is 8.34. The number of carbonyl (C=O) groups excluding carboxylic acids is 2. The molecule has 0 unspecified atom stereocenters. The van der Waals surface area contributed by atoms with E-state index in [2.05, 4.69) is 13.8 Å². The first-order valence-corrected chi connectivity index (χ1v) is 14.2. The highest BCUT2D eigenvalue weighted by atomic mass is 16.5. The smallest absolute Gasteiger partial charge is 0.295 e. The number of Topliss-reactive ketones (excluding diaryl/α,β-unsaturated/α-hetero) is 1. The van der Waals surface area contributed by atoms with Crippen LogP contribution in [0.25, 0.3) is 5.76 Å². The van der Waals surface area contributed by atoms with Gasteiger partial charge in [-0.2, -0.15) is 0 Å². The summed E-state index contributed by atoms with van der Waals surface area (Å²) >= 11 is 0. The van der Waals surface area contributed by atoms with Crippen LogP contribution in [-0.2, 0) is 22.4 Å². The summed E-state index contributed by atoms with van der Waals surface area (Å²) in [7, 11) is 1.56. The lowest BCUT2D eigenvalue weighted by Crippen LogP contribution is -2.31. The number of rotatable bonds is 10. The zero-order chi connectivity index (χ0) is 29.1. The molecule has 0 spiro atoms. The van der Waals surface area contributed by atoms with Crippen LogP contribution in [0.15, 0.2) is 72.3 Å². The first kappa shape index (κ1) is 28.3. The van der Waals surface area contributed by atoms with Crippen LogP contribution in [0.5, 0.6) is 17.2 Å². The lowest BCUT2D eigenvalue weighted by atomic mass is 9.94. The maximum absolute atomic E-state index is 13.5. The van der Waals surface area contributed by atoms with E-state index in [9.17, 15) is 14.7 Å². The van der Waals surface area contributed by atoms with E-state index in [1.807, 2.05) is 49.4 Å². The predicted octanol–water partition coefficient (Wildman–Crippen LogP) is 6.11. The molecule has 3 aromatic rings. The number of hydrogen-bond acceptors (Lipinski definition) is 6. The van der Waals surface area contributed by atoms with Crippen LogP contribution in [-0.4, -0.2) is 48.1 Å². The first-order chi connectivity index (χ1) is 19.8. The molecule has 2 atom stereocenters. The summed E-state index contributed by atoms with van der Waals surface area (Å²) in [6, 6.07) is 19.8. The van der Waals surface area contributed by atoms with E-state index >= 15 is 0 Å². The molecule has 1 amide bonds. The van der Waals surface area contributed by atoms with Gasteiger partial charge in [-0.1, -0.05) is 50.2 Å². The number of likely N-dealkylation sites (tertiary alicyclic amines) is 1. The molecule has 7 nitrogen and oxygen atoms in total. The van der Waals surface area contributed by atoms with Crippen molar-refractivity contribution in [1.29, 1.82) is 0 Å². The number of hydrogen-bond donors (Lipinski definition) is 1. The second kappa shape index (κ2) is 12.1. The highest BCUT2D eigenvalue weighted by Gasteiger charge is 2.46. The fourth-order valence-electron chi connectivity index (χ4n) is 5.45. The first-order valence-electron chi connectivity index (χ1n) is 14.2. The molecule has 214 valence electrons. The normalized spacial score (nSPS) is 19.4. The Morgan fingerprint density at radius 1 is 1.05 bits per heavy atom. The van der Waals surface area contributed by atoms with Crippen molar-refractivity contribution in [2.24, 2.45) is 5.92 Å². The van der Waals surface area contributed by atoms with Crippen LogP contribution < -0.4 is 14.2 Å². The molecule has 7 heteroatoms. The summed E-state index contributed by atoms with van der Waals surface area (Å²) in [5.41, 5.74) is 3.21. The maximum Gasteiger partial charge on any atom is 0.295 e. The number of amides is 1. The van der Waals surface area contributed by atoms with Gasteiger partial charge in [0.05, 0.1) is 25.3 Å². The van der Waals surface area contributed by atoms with E-state index < -0.39 is 17.7 Å². The quantitative estimate of drug-likeness (QED) is 0.185. The summed E-state index contributed by atoms with van der Waals surface area (Å²) in [5.74, 6) is 0.817. The van der Waals surface area contributed by atoms with Gasteiger partial charge >= 0.3 is 0 Å². The van der Waals surface area contributed by atoms with Crippen molar-refractivity contribution >= 4 is 17.4 Å². The van der Waals surface area contributed by atoms with Crippen LogP contribution >= 0.6 is 0 Å². The number of nitrogens with zero attached hydrogens (tertiary/aromatic N) is 1. The second-order valence-electron chi connectivity index (χ2n) is 11.1. The summed E-state index contributed by atoms with van der Waals surface area (Å²) in [5, 5.41) is 11.6. The van der Waals surface area contributed by atoms with E-state index in [1.165, 1.54) is 0 Å². The molecule has 41 heavy (non-hydrogen) atoms. The average Bonchev–Trinajstić information content (AvgIpc) is 3.46. The lowest BCUT2D eigenvalue weighted by molar-refractivity contribution is -0.139. The van der Waals surface area contributed by atoms with Crippen LogP contribution in [0.4, 0.5) is 0 Å². The van der Waals surface area contributed by atoms with Gasteiger partial charge in [0, 0.05) is 18.5 Å². The van der Waals surface area contributed by atoms with Crippen molar-refractivity contribution in [2.45, 2.75) is 52.2 Å². The molecule has 1 saturated heterocycles. The van der Waals surface area contributed by atoms with Gasteiger partial charge < -0.3 is 24.2 Å². The van der Waals surface area contributed by atoms with Crippen molar-refractivity contribution in [3.05, 3.63) is 94.6 Å². The maximum atomic E-state index is 13.5. The minimum atomic E-state index is -0.791. The molecule has 5 rings (SSSR count). The number of aliphatic hydroxyl groups is 1. The van der Waals surface area contributed by atoms with Gasteiger partial charge in [-0.3, -0.25) is 9.59 Å². The number of ether oxygens (including phenoxy) is 3. The van der Waals surface area contributed by atoms with Gasteiger partial charge in [0.25, 0.3) is 11.7 Å². The van der Waals surface area contributed by atoms with Crippen molar-refractivity contribution < 1.29 is 28.9 Å². The van der Waals surface area contributed by atoms with Crippen LogP contribution in [0, 0.1) is 5.92 Å². The van der Waals surface area contributed by atoms with Crippen LogP contribution in [0.2, 0.25) is 0 Å². The number of fused-ring (bicyclic) bond motifs is 1. The Bertz CT molecular complexity index is 1460. The zero-order valence-corrected chi connectivity index (χ0v) is 24.1. The van der Waals surface area contributed by atoms with E-state index in [-0.39, 0.29) is 17.4 Å². The molecule has 1 N–H and O–H groups in total. The molecule has 0 saturated carbocycles. The molecule has 1 fully saturated rings. The molecule has 0 aliphatic carbocycles. The highest BCUT2D eigenvalue weighted by Crippen LogP contribution is 2.43. The molecule has 2 heterocycles.